The number of hydrogen-bond acceptors (Lipinski definition) is 5. The highest BCUT2D eigenvalue weighted by Gasteiger charge is 2.21. The van der Waals surface area contributed by atoms with Gasteiger partial charge in [-0.25, -0.2) is 15.0 Å². The molecule has 1 aliphatic heterocycles. The largest absolute Gasteiger partial charge is 0.382 e. The van der Waals surface area contributed by atoms with Crippen molar-refractivity contribution in [1.29, 1.82) is 0 Å². The second-order valence-electron chi connectivity index (χ2n) is 6.53. The van der Waals surface area contributed by atoms with Gasteiger partial charge in [0.15, 0.2) is 11.6 Å². The molecular formula is C21H21N5. The maximum Gasteiger partial charge on any atom is 0.183 e. The molecule has 0 saturated heterocycles. The first-order valence-electron chi connectivity index (χ1n) is 8.91. The van der Waals surface area contributed by atoms with Crippen LogP contribution >= 0.6 is 0 Å². The summed E-state index contributed by atoms with van der Waals surface area (Å²) in [5.41, 5.74) is 9.09. The van der Waals surface area contributed by atoms with Gasteiger partial charge in [0, 0.05) is 24.3 Å². The molecule has 0 radical (unpaired) electrons. The normalized spacial score (nSPS) is 22.1. The third-order valence-electron chi connectivity index (χ3n) is 4.78. The van der Waals surface area contributed by atoms with Gasteiger partial charge in [-0.2, -0.15) is 0 Å². The van der Waals surface area contributed by atoms with Gasteiger partial charge in [-0.15, -0.1) is 0 Å². The average molecular weight is 343 g/mol. The number of rotatable bonds is 2. The van der Waals surface area contributed by atoms with Crippen LogP contribution in [0.4, 0.5) is 17.3 Å². The van der Waals surface area contributed by atoms with Gasteiger partial charge in [0.2, 0.25) is 0 Å². The van der Waals surface area contributed by atoms with E-state index in [1.54, 1.807) is 0 Å². The van der Waals surface area contributed by atoms with Crippen LogP contribution in [0.1, 0.15) is 30.7 Å². The third kappa shape index (κ3) is 3.47. The van der Waals surface area contributed by atoms with Crippen LogP contribution in [0.25, 0.3) is 0 Å². The number of nitrogen functional groups attached to an aromatic ring is 1. The van der Waals surface area contributed by atoms with Crippen LogP contribution in [0.2, 0.25) is 0 Å². The minimum atomic E-state index is 0.162. The van der Waals surface area contributed by atoms with Crippen molar-refractivity contribution in [3.63, 3.8) is 0 Å². The van der Waals surface area contributed by atoms with E-state index < -0.39 is 0 Å². The summed E-state index contributed by atoms with van der Waals surface area (Å²) in [5.74, 6) is 1.23. The number of nitrogens with two attached hydrogens (primary N) is 1. The van der Waals surface area contributed by atoms with Crippen molar-refractivity contribution in [3.05, 3.63) is 66.0 Å². The number of allylic oxidation sites excluding steroid dienone is 4. The van der Waals surface area contributed by atoms with Crippen molar-refractivity contribution < 1.29 is 0 Å². The van der Waals surface area contributed by atoms with E-state index in [0.717, 1.165) is 19.3 Å². The van der Waals surface area contributed by atoms with Crippen molar-refractivity contribution in [2.24, 2.45) is 15.9 Å². The minimum Gasteiger partial charge on any atom is -0.382 e. The number of benzene rings is 1. The second kappa shape index (κ2) is 7.44. The molecule has 0 spiro atoms. The predicted molar refractivity (Wildman–Crippen MR) is 106 cm³/mol. The van der Waals surface area contributed by atoms with Gasteiger partial charge >= 0.3 is 0 Å². The molecule has 26 heavy (non-hydrogen) atoms. The number of nitrogens with zero attached hydrogens (tertiary/aromatic N) is 4. The molecule has 0 saturated carbocycles. The number of hydrogen-bond donors (Lipinski definition) is 1. The Balaban J connectivity index is 1.79. The Kier molecular flexibility index (Phi) is 4.69. The molecule has 4 rings (SSSR count). The zero-order valence-corrected chi connectivity index (χ0v) is 14.5. The Bertz CT molecular complexity index is 896. The zero-order chi connectivity index (χ0) is 17.8. The summed E-state index contributed by atoms with van der Waals surface area (Å²) in [6.07, 6.45) is 15.2. The highest BCUT2D eigenvalue weighted by Crippen LogP contribution is 2.35. The van der Waals surface area contributed by atoms with Gasteiger partial charge < -0.3 is 5.73 Å². The average Bonchev–Trinajstić information content (AvgIpc) is 2.79. The fourth-order valence-corrected chi connectivity index (χ4v) is 3.37. The molecule has 1 aromatic heterocycles. The van der Waals surface area contributed by atoms with Crippen LogP contribution in [-0.2, 0) is 0 Å². The molecule has 1 aromatic carbocycles. The molecule has 0 amide bonds. The van der Waals surface area contributed by atoms with E-state index in [9.17, 15) is 0 Å². The molecule has 2 N–H and O–H groups in total. The molecule has 130 valence electrons. The molecule has 2 atom stereocenters. The van der Waals surface area contributed by atoms with E-state index in [0.29, 0.717) is 17.3 Å². The van der Waals surface area contributed by atoms with Gasteiger partial charge in [-0.05, 0) is 30.4 Å². The standard InChI is InChI=1S/C21H21N5/c22-20-19-21(26-14-25-20)24-13-18(16-9-5-2-6-10-16)11-17(12-23-19)15-7-3-1-4-8-15/h1,3-5,7-10,12-14,17-18H,2,6,11H2,(H2,22,25,26). The first kappa shape index (κ1) is 16.4. The molecule has 2 unspecified atom stereocenters. The van der Waals surface area contributed by atoms with Crippen LogP contribution in [-0.4, -0.2) is 22.4 Å². The molecule has 0 bridgehead atoms. The van der Waals surface area contributed by atoms with E-state index in [-0.39, 0.29) is 11.8 Å². The van der Waals surface area contributed by atoms with Gasteiger partial charge in [0.05, 0.1) is 0 Å². The molecule has 2 heterocycles. The Morgan fingerprint density at radius 3 is 2.58 bits per heavy atom. The van der Waals surface area contributed by atoms with E-state index in [4.69, 9.17) is 5.73 Å². The Morgan fingerprint density at radius 2 is 1.77 bits per heavy atom. The molecule has 5 heteroatoms. The van der Waals surface area contributed by atoms with Gasteiger partial charge in [0.1, 0.15) is 12.0 Å². The minimum absolute atomic E-state index is 0.162. The third-order valence-corrected chi connectivity index (χ3v) is 4.78. The van der Waals surface area contributed by atoms with Crippen LogP contribution in [0.15, 0.2) is 70.4 Å². The first-order chi connectivity index (χ1) is 12.8. The Morgan fingerprint density at radius 1 is 0.923 bits per heavy atom. The lowest BCUT2D eigenvalue weighted by atomic mass is 9.84. The number of aromatic nitrogens is 2. The van der Waals surface area contributed by atoms with Crippen LogP contribution < -0.4 is 5.73 Å². The SMILES string of the molecule is Nc1ncnc2c1N=CC(c1ccccc1)CC(C1=CCCC=C1)C=N2. The quantitative estimate of drug-likeness (QED) is 0.869. The maximum atomic E-state index is 6.01. The van der Waals surface area contributed by atoms with Crippen molar-refractivity contribution in [2.75, 3.05) is 5.73 Å². The van der Waals surface area contributed by atoms with Gasteiger partial charge in [-0.1, -0.05) is 48.6 Å². The van der Waals surface area contributed by atoms with Crippen molar-refractivity contribution >= 4 is 29.8 Å². The maximum absolute atomic E-state index is 6.01. The summed E-state index contributed by atoms with van der Waals surface area (Å²) in [6.45, 7) is 0. The van der Waals surface area contributed by atoms with Gasteiger partial charge in [-0.3, -0.25) is 4.99 Å². The zero-order valence-electron chi connectivity index (χ0n) is 14.5. The highest BCUT2D eigenvalue weighted by molar-refractivity contribution is 5.83. The molecule has 1 aliphatic carbocycles. The second-order valence-corrected chi connectivity index (χ2v) is 6.53. The summed E-state index contributed by atoms with van der Waals surface area (Å²) in [4.78, 5) is 17.5. The van der Waals surface area contributed by atoms with Crippen LogP contribution in [0, 0.1) is 5.92 Å². The van der Waals surface area contributed by atoms with Crippen LogP contribution in [0.5, 0.6) is 0 Å². The molecule has 0 fully saturated rings. The summed E-state index contributed by atoms with van der Waals surface area (Å²) in [5, 5.41) is 0. The van der Waals surface area contributed by atoms with Crippen LogP contribution in [0.3, 0.4) is 0 Å². The predicted octanol–water partition coefficient (Wildman–Crippen LogP) is 4.54. The number of fused-ring (bicyclic) bond motifs is 1. The van der Waals surface area contributed by atoms with E-state index in [1.807, 2.05) is 18.5 Å². The van der Waals surface area contributed by atoms with Crippen molar-refractivity contribution in [1.82, 2.24) is 9.97 Å². The lowest BCUT2D eigenvalue weighted by molar-refractivity contribution is 0.691. The Labute approximate surface area is 153 Å². The summed E-state index contributed by atoms with van der Waals surface area (Å²) >= 11 is 0. The van der Waals surface area contributed by atoms with E-state index >= 15 is 0 Å². The lowest BCUT2D eigenvalue weighted by Crippen LogP contribution is -2.12. The number of aliphatic imine (C=N–C) groups is 2. The van der Waals surface area contributed by atoms with E-state index in [2.05, 4.69) is 62.4 Å². The monoisotopic (exact) mass is 343 g/mol. The summed E-state index contributed by atoms with van der Waals surface area (Å²) in [6, 6.07) is 10.4. The number of anilines is 1. The van der Waals surface area contributed by atoms with Gasteiger partial charge in [0.25, 0.3) is 0 Å². The fourth-order valence-electron chi connectivity index (χ4n) is 3.37. The highest BCUT2D eigenvalue weighted by atomic mass is 15.0. The topological polar surface area (TPSA) is 76.5 Å². The first-order valence-corrected chi connectivity index (χ1v) is 8.91. The fraction of sp³-hybridized carbons (Fsp3) is 0.238. The molecule has 2 aromatic rings. The lowest BCUT2D eigenvalue weighted by Gasteiger charge is -2.20. The molecule has 2 aliphatic rings. The Hall–Kier alpha value is -3.08. The van der Waals surface area contributed by atoms with Crippen molar-refractivity contribution in [2.45, 2.75) is 25.2 Å². The molecular weight excluding hydrogens is 322 g/mol. The summed E-state index contributed by atoms with van der Waals surface area (Å²) < 4.78 is 0. The molecule has 5 nitrogen and oxygen atoms in total. The smallest absolute Gasteiger partial charge is 0.183 e. The summed E-state index contributed by atoms with van der Waals surface area (Å²) in [7, 11) is 0. The van der Waals surface area contributed by atoms with Crippen molar-refractivity contribution in [3.8, 4) is 0 Å². The van der Waals surface area contributed by atoms with E-state index in [1.165, 1.54) is 17.5 Å².